The number of ether oxygens (including phenoxy) is 1. The van der Waals surface area contributed by atoms with E-state index < -0.39 is 0 Å². The highest BCUT2D eigenvalue weighted by Crippen LogP contribution is 2.30. The molecule has 2 rings (SSSR count). The molecule has 0 radical (unpaired) electrons. The number of aromatic nitrogens is 2. The van der Waals surface area contributed by atoms with Crippen LogP contribution >= 0.6 is 11.6 Å². The van der Waals surface area contributed by atoms with Gasteiger partial charge in [-0.05, 0) is 32.0 Å². The molecule has 0 aliphatic carbocycles. The van der Waals surface area contributed by atoms with Crippen molar-refractivity contribution in [2.24, 2.45) is 7.05 Å². The Morgan fingerprint density at radius 2 is 2.26 bits per heavy atom. The summed E-state index contributed by atoms with van der Waals surface area (Å²) in [6, 6.07) is 5.63. The summed E-state index contributed by atoms with van der Waals surface area (Å²) in [6.45, 7) is 4.63. The first-order chi connectivity index (χ1) is 9.11. The zero-order valence-corrected chi connectivity index (χ0v) is 12.1. The summed E-state index contributed by atoms with van der Waals surface area (Å²) in [4.78, 5) is 4.34. The SMILES string of the molecule is CCOc1ccc(Cl)cc1NC(C)c1nccn1C. The number of imidazole rings is 1. The van der Waals surface area contributed by atoms with E-state index in [1.807, 2.05) is 42.9 Å². The molecule has 4 nitrogen and oxygen atoms in total. The molecule has 1 atom stereocenters. The van der Waals surface area contributed by atoms with Gasteiger partial charge in [-0.15, -0.1) is 0 Å². The topological polar surface area (TPSA) is 39.1 Å². The Morgan fingerprint density at radius 1 is 1.47 bits per heavy atom. The quantitative estimate of drug-likeness (QED) is 0.908. The van der Waals surface area contributed by atoms with E-state index in [4.69, 9.17) is 16.3 Å². The fourth-order valence-electron chi connectivity index (χ4n) is 1.99. The lowest BCUT2D eigenvalue weighted by molar-refractivity contribution is 0.341. The largest absolute Gasteiger partial charge is 0.492 e. The van der Waals surface area contributed by atoms with E-state index in [2.05, 4.69) is 17.2 Å². The van der Waals surface area contributed by atoms with Gasteiger partial charge in [0, 0.05) is 24.5 Å². The van der Waals surface area contributed by atoms with E-state index in [1.165, 1.54) is 0 Å². The van der Waals surface area contributed by atoms with Crippen LogP contribution < -0.4 is 10.1 Å². The number of halogens is 1. The van der Waals surface area contributed by atoms with E-state index in [9.17, 15) is 0 Å². The molecule has 0 saturated heterocycles. The third kappa shape index (κ3) is 3.20. The molecule has 1 N–H and O–H groups in total. The van der Waals surface area contributed by atoms with E-state index in [0.717, 1.165) is 17.3 Å². The van der Waals surface area contributed by atoms with Gasteiger partial charge in [0.25, 0.3) is 0 Å². The zero-order valence-electron chi connectivity index (χ0n) is 11.4. The van der Waals surface area contributed by atoms with Crippen molar-refractivity contribution >= 4 is 17.3 Å². The highest BCUT2D eigenvalue weighted by molar-refractivity contribution is 6.30. The van der Waals surface area contributed by atoms with Crippen LogP contribution in [0.2, 0.25) is 5.02 Å². The van der Waals surface area contributed by atoms with Gasteiger partial charge in [-0.25, -0.2) is 4.98 Å². The van der Waals surface area contributed by atoms with E-state index >= 15 is 0 Å². The Labute approximate surface area is 118 Å². The van der Waals surface area contributed by atoms with Crippen molar-refractivity contribution in [2.45, 2.75) is 19.9 Å². The van der Waals surface area contributed by atoms with Crippen molar-refractivity contribution in [3.8, 4) is 5.75 Å². The van der Waals surface area contributed by atoms with Crippen LogP contribution in [0.1, 0.15) is 25.7 Å². The van der Waals surface area contributed by atoms with Crippen LogP contribution in [0.5, 0.6) is 5.75 Å². The van der Waals surface area contributed by atoms with Gasteiger partial charge in [0.05, 0.1) is 18.3 Å². The highest BCUT2D eigenvalue weighted by atomic mass is 35.5. The summed E-state index contributed by atoms with van der Waals surface area (Å²) in [7, 11) is 1.97. The molecule has 1 aromatic heterocycles. The Hall–Kier alpha value is -1.68. The van der Waals surface area contributed by atoms with Crippen molar-refractivity contribution in [1.29, 1.82) is 0 Å². The molecule has 2 aromatic rings. The molecular weight excluding hydrogens is 262 g/mol. The van der Waals surface area contributed by atoms with Crippen LogP contribution in [0.15, 0.2) is 30.6 Å². The van der Waals surface area contributed by atoms with Crippen LogP contribution in [-0.4, -0.2) is 16.2 Å². The maximum Gasteiger partial charge on any atom is 0.142 e. The Morgan fingerprint density at radius 3 is 2.89 bits per heavy atom. The van der Waals surface area contributed by atoms with Crippen LogP contribution in [0.3, 0.4) is 0 Å². The molecule has 0 aliphatic heterocycles. The van der Waals surface area contributed by atoms with Gasteiger partial charge in [0.2, 0.25) is 0 Å². The predicted octanol–water partition coefficient (Wildman–Crippen LogP) is 3.65. The van der Waals surface area contributed by atoms with Crippen molar-refractivity contribution in [3.05, 3.63) is 41.4 Å². The predicted molar refractivity (Wildman–Crippen MR) is 77.9 cm³/mol. The Bertz CT molecular complexity index is 553. The van der Waals surface area contributed by atoms with Crippen molar-refractivity contribution in [1.82, 2.24) is 9.55 Å². The first-order valence-electron chi connectivity index (χ1n) is 6.28. The van der Waals surface area contributed by atoms with Gasteiger partial charge < -0.3 is 14.6 Å². The molecule has 0 bridgehead atoms. The van der Waals surface area contributed by atoms with Gasteiger partial charge in [0.1, 0.15) is 11.6 Å². The standard InChI is InChI=1S/C14H18ClN3O/c1-4-19-13-6-5-11(15)9-12(13)17-10(2)14-16-7-8-18(14)3/h5-10,17H,4H2,1-3H3. The zero-order chi connectivity index (χ0) is 13.8. The number of rotatable bonds is 5. The fraction of sp³-hybridized carbons (Fsp3) is 0.357. The third-order valence-electron chi connectivity index (χ3n) is 2.86. The molecule has 1 aromatic carbocycles. The molecular formula is C14H18ClN3O. The van der Waals surface area contributed by atoms with Gasteiger partial charge in [0.15, 0.2) is 0 Å². The fourth-order valence-corrected chi connectivity index (χ4v) is 2.16. The summed E-state index contributed by atoms with van der Waals surface area (Å²) in [5.74, 6) is 1.76. The van der Waals surface area contributed by atoms with Crippen molar-refractivity contribution in [2.75, 3.05) is 11.9 Å². The van der Waals surface area contributed by atoms with Crippen molar-refractivity contribution < 1.29 is 4.74 Å². The number of benzene rings is 1. The van der Waals surface area contributed by atoms with Crippen LogP contribution in [0, 0.1) is 0 Å². The van der Waals surface area contributed by atoms with Crippen molar-refractivity contribution in [3.63, 3.8) is 0 Å². The summed E-state index contributed by atoms with van der Waals surface area (Å²) >= 11 is 6.04. The maximum absolute atomic E-state index is 6.04. The van der Waals surface area contributed by atoms with Gasteiger partial charge in [-0.3, -0.25) is 0 Å². The lowest BCUT2D eigenvalue weighted by Crippen LogP contribution is -2.12. The average Bonchev–Trinajstić information content (AvgIpc) is 2.79. The molecule has 1 unspecified atom stereocenters. The second-order valence-electron chi connectivity index (χ2n) is 4.34. The lowest BCUT2D eigenvalue weighted by atomic mass is 10.2. The van der Waals surface area contributed by atoms with Gasteiger partial charge in [-0.2, -0.15) is 0 Å². The van der Waals surface area contributed by atoms with Crippen LogP contribution in [0.4, 0.5) is 5.69 Å². The summed E-state index contributed by atoms with van der Waals surface area (Å²) in [6.07, 6.45) is 3.71. The van der Waals surface area contributed by atoms with E-state index in [-0.39, 0.29) is 6.04 Å². The second-order valence-corrected chi connectivity index (χ2v) is 4.77. The van der Waals surface area contributed by atoms with E-state index in [0.29, 0.717) is 11.6 Å². The number of aryl methyl sites for hydroxylation is 1. The number of nitrogens with one attached hydrogen (secondary N) is 1. The number of hydrogen-bond acceptors (Lipinski definition) is 3. The summed E-state index contributed by atoms with van der Waals surface area (Å²) < 4.78 is 7.58. The smallest absolute Gasteiger partial charge is 0.142 e. The maximum atomic E-state index is 6.04. The van der Waals surface area contributed by atoms with Crippen LogP contribution in [0.25, 0.3) is 0 Å². The molecule has 5 heteroatoms. The van der Waals surface area contributed by atoms with Gasteiger partial charge in [-0.1, -0.05) is 11.6 Å². The second kappa shape index (κ2) is 5.97. The minimum absolute atomic E-state index is 0.0673. The minimum Gasteiger partial charge on any atom is -0.492 e. The molecule has 0 amide bonds. The molecule has 19 heavy (non-hydrogen) atoms. The highest BCUT2D eigenvalue weighted by Gasteiger charge is 2.13. The average molecular weight is 280 g/mol. The molecule has 0 spiro atoms. The molecule has 102 valence electrons. The Kier molecular flexibility index (Phi) is 4.32. The summed E-state index contributed by atoms with van der Waals surface area (Å²) in [5, 5.41) is 4.07. The van der Waals surface area contributed by atoms with Crippen LogP contribution in [-0.2, 0) is 7.05 Å². The molecule has 0 aliphatic rings. The molecule has 0 fully saturated rings. The number of anilines is 1. The molecule has 0 saturated carbocycles. The van der Waals surface area contributed by atoms with E-state index in [1.54, 1.807) is 6.20 Å². The first kappa shape index (κ1) is 13.7. The lowest BCUT2D eigenvalue weighted by Gasteiger charge is -2.18. The Balaban J connectivity index is 2.22. The summed E-state index contributed by atoms with van der Waals surface area (Å²) in [5.41, 5.74) is 0.879. The number of nitrogens with zero attached hydrogens (tertiary/aromatic N) is 2. The first-order valence-corrected chi connectivity index (χ1v) is 6.65. The number of hydrogen-bond donors (Lipinski definition) is 1. The van der Waals surface area contributed by atoms with Gasteiger partial charge >= 0.3 is 0 Å². The minimum atomic E-state index is 0.0673. The normalized spacial score (nSPS) is 12.2. The third-order valence-corrected chi connectivity index (χ3v) is 3.09. The monoisotopic (exact) mass is 279 g/mol. The molecule has 1 heterocycles.